The van der Waals surface area contributed by atoms with Crippen molar-refractivity contribution in [3.05, 3.63) is 36.0 Å². The van der Waals surface area contributed by atoms with E-state index in [1.807, 2.05) is 18.5 Å². The van der Waals surface area contributed by atoms with Crippen LogP contribution >= 0.6 is 0 Å². The molecule has 7 nitrogen and oxygen atoms in total. The van der Waals surface area contributed by atoms with Crippen molar-refractivity contribution < 1.29 is 0 Å². The highest BCUT2D eigenvalue weighted by molar-refractivity contribution is 5.44. The molecule has 2 aromatic rings. The summed E-state index contributed by atoms with van der Waals surface area (Å²) in [5, 5.41) is 0. The lowest BCUT2D eigenvalue weighted by atomic mass is 10.1. The lowest BCUT2D eigenvalue weighted by molar-refractivity contribution is 0.156. The average molecular weight is 351 g/mol. The third-order valence-electron chi connectivity index (χ3n) is 5.65. The number of anilines is 2. The second kappa shape index (κ2) is 6.46. The number of hydrogen-bond donors (Lipinski definition) is 0. The SMILES string of the molecule is Cc1cc(N2CC(N3CCN(c4ncccn4)CC3)C2)nc(C2CC2)n1. The van der Waals surface area contributed by atoms with Crippen LogP contribution in [0.1, 0.15) is 30.3 Å². The maximum atomic E-state index is 4.82. The molecule has 2 aromatic heterocycles. The quantitative estimate of drug-likeness (QED) is 0.826. The Morgan fingerprint density at radius 2 is 1.65 bits per heavy atom. The number of aromatic nitrogens is 4. The lowest BCUT2D eigenvalue weighted by Crippen LogP contribution is -2.63. The van der Waals surface area contributed by atoms with E-state index in [4.69, 9.17) is 4.98 Å². The maximum absolute atomic E-state index is 4.82. The molecule has 7 heteroatoms. The minimum Gasteiger partial charge on any atom is -0.353 e. The third kappa shape index (κ3) is 3.11. The highest BCUT2D eigenvalue weighted by Crippen LogP contribution is 2.39. The molecule has 3 fully saturated rings. The summed E-state index contributed by atoms with van der Waals surface area (Å²) in [4.78, 5) is 25.5. The van der Waals surface area contributed by atoms with Crippen LogP contribution in [0.2, 0.25) is 0 Å². The summed E-state index contributed by atoms with van der Waals surface area (Å²) in [7, 11) is 0. The number of aryl methyl sites for hydroxylation is 1. The van der Waals surface area contributed by atoms with Gasteiger partial charge in [-0.2, -0.15) is 0 Å². The van der Waals surface area contributed by atoms with Crippen molar-refractivity contribution in [2.75, 3.05) is 49.1 Å². The summed E-state index contributed by atoms with van der Waals surface area (Å²) in [6, 6.07) is 4.63. The van der Waals surface area contributed by atoms with Crippen LogP contribution in [-0.2, 0) is 0 Å². The zero-order chi connectivity index (χ0) is 17.5. The zero-order valence-electron chi connectivity index (χ0n) is 15.3. The molecule has 3 aliphatic rings. The van der Waals surface area contributed by atoms with E-state index in [0.29, 0.717) is 12.0 Å². The van der Waals surface area contributed by atoms with Gasteiger partial charge in [0.25, 0.3) is 0 Å². The largest absolute Gasteiger partial charge is 0.353 e. The van der Waals surface area contributed by atoms with Gasteiger partial charge in [0, 0.05) is 75.4 Å². The summed E-state index contributed by atoms with van der Waals surface area (Å²) >= 11 is 0. The van der Waals surface area contributed by atoms with Crippen molar-refractivity contribution >= 4 is 11.8 Å². The topological polar surface area (TPSA) is 61.3 Å². The smallest absolute Gasteiger partial charge is 0.225 e. The predicted octanol–water partition coefficient (Wildman–Crippen LogP) is 1.46. The Labute approximate surface area is 154 Å². The first kappa shape index (κ1) is 15.9. The van der Waals surface area contributed by atoms with Gasteiger partial charge < -0.3 is 9.80 Å². The summed E-state index contributed by atoms with van der Waals surface area (Å²) < 4.78 is 0. The minimum atomic E-state index is 0.610. The molecule has 0 aromatic carbocycles. The van der Waals surface area contributed by atoms with E-state index >= 15 is 0 Å². The minimum absolute atomic E-state index is 0.610. The first-order valence-corrected chi connectivity index (χ1v) is 9.63. The zero-order valence-corrected chi connectivity index (χ0v) is 15.3. The molecule has 1 saturated carbocycles. The molecule has 0 N–H and O–H groups in total. The molecule has 136 valence electrons. The van der Waals surface area contributed by atoms with E-state index in [-0.39, 0.29) is 0 Å². The number of hydrogen-bond acceptors (Lipinski definition) is 7. The summed E-state index contributed by atoms with van der Waals surface area (Å²) in [5.41, 5.74) is 1.09. The van der Waals surface area contributed by atoms with E-state index in [0.717, 1.165) is 62.6 Å². The van der Waals surface area contributed by atoms with Crippen molar-refractivity contribution in [2.24, 2.45) is 0 Å². The number of rotatable bonds is 4. The van der Waals surface area contributed by atoms with Crippen molar-refractivity contribution in [3.8, 4) is 0 Å². The molecule has 0 unspecified atom stereocenters. The fourth-order valence-electron chi connectivity index (χ4n) is 3.88. The summed E-state index contributed by atoms with van der Waals surface area (Å²) in [5.74, 6) is 3.64. The van der Waals surface area contributed by atoms with Gasteiger partial charge in [-0.25, -0.2) is 19.9 Å². The van der Waals surface area contributed by atoms with Gasteiger partial charge >= 0.3 is 0 Å². The highest BCUT2D eigenvalue weighted by atomic mass is 15.4. The Kier molecular flexibility index (Phi) is 3.96. The fraction of sp³-hybridized carbons (Fsp3) is 0.579. The van der Waals surface area contributed by atoms with Gasteiger partial charge in [0.05, 0.1) is 0 Å². The van der Waals surface area contributed by atoms with Crippen LogP contribution in [-0.4, -0.2) is 70.1 Å². The predicted molar refractivity (Wildman–Crippen MR) is 101 cm³/mol. The molecule has 5 rings (SSSR count). The molecule has 26 heavy (non-hydrogen) atoms. The fourth-order valence-corrected chi connectivity index (χ4v) is 3.88. The number of nitrogens with zero attached hydrogens (tertiary/aromatic N) is 7. The Morgan fingerprint density at radius 1 is 0.923 bits per heavy atom. The van der Waals surface area contributed by atoms with Gasteiger partial charge in [-0.15, -0.1) is 0 Å². The Morgan fingerprint density at radius 3 is 2.35 bits per heavy atom. The summed E-state index contributed by atoms with van der Waals surface area (Å²) in [6.45, 7) is 8.38. The van der Waals surface area contributed by atoms with E-state index in [2.05, 4.69) is 42.6 Å². The van der Waals surface area contributed by atoms with Crippen LogP contribution in [0.3, 0.4) is 0 Å². The second-order valence-electron chi connectivity index (χ2n) is 7.63. The monoisotopic (exact) mass is 351 g/mol. The first-order valence-electron chi connectivity index (χ1n) is 9.63. The second-order valence-corrected chi connectivity index (χ2v) is 7.63. The Bertz CT molecular complexity index is 763. The van der Waals surface area contributed by atoms with Crippen LogP contribution < -0.4 is 9.80 Å². The average Bonchev–Trinajstić information content (AvgIpc) is 3.47. The maximum Gasteiger partial charge on any atom is 0.225 e. The molecule has 0 spiro atoms. The molecule has 1 aliphatic carbocycles. The molecule has 0 atom stereocenters. The Balaban J connectivity index is 1.17. The first-order chi connectivity index (χ1) is 12.8. The normalized spacial score (nSPS) is 21.7. The van der Waals surface area contributed by atoms with E-state index in [1.165, 1.54) is 12.8 Å². The van der Waals surface area contributed by atoms with Gasteiger partial charge in [0.2, 0.25) is 5.95 Å². The van der Waals surface area contributed by atoms with Gasteiger partial charge in [-0.3, -0.25) is 4.90 Å². The Hall–Kier alpha value is -2.28. The van der Waals surface area contributed by atoms with Crippen LogP contribution in [0.4, 0.5) is 11.8 Å². The van der Waals surface area contributed by atoms with Crippen LogP contribution in [0, 0.1) is 6.92 Å². The van der Waals surface area contributed by atoms with Crippen molar-refractivity contribution in [1.82, 2.24) is 24.8 Å². The van der Waals surface area contributed by atoms with Crippen LogP contribution in [0.15, 0.2) is 24.5 Å². The highest BCUT2D eigenvalue weighted by Gasteiger charge is 2.35. The molecule has 0 radical (unpaired) electrons. The van der Waals surface area contributed by atoms with E-state index in [1.54, 1.807) is 0 Å². The molecule has 2 aliphatic heterocycles. The van der Waals surface area contributed by atoms with Crippen molar-refractivity contribution in [1.29, 1.82) is 0 Å². The molecule has 0 bridgehead atoms. The molecule has 2 saturated heterocycles. The van der Waals surface area contributed by atoms with Gasteiger partial charge in [0.1, 0.15) is 11.6 Å². The van der Waals surface area contributed by atoms with Gasteiger partial charge in [-0.05, 0) is 25.8 Å². The van der Waals surface area contributed by atoms with Crippen molar-refractivity contribution in [2.45, 2.75) is 31.7 Å². The van der Waals surface area contributed by atoms with Gasteiger partial charge in [0.15, 0.2) is 0 Å². The lowest BCUT2D eigenvalue weighted by Gasteiger charge is -2.48. The van der Waals surface area contributed by atoms with E-state index in [9.17, 15) is 0 Å². The molecular formula is C19H25N7. The van der Waals surface area contributed by atoms with Crippen LogP contribution in [0.5, 0.6) is 0 Å². The van der Waals surface area contributed by atoms with Gasteiger partial charge in [-0.1, -0.05) is 0 Å². The third-order valence-corrected chi connectivity index (χ3v) is 5.65. The summed E-state index contributed by atoms with van der Waals surface area (Å²) in [6.07, 6.45) is 6.14. The van der Waals surface area contributed by atoms with Crippen molar-refractivity contribution in [3.63, 3.8) is 0 Å². The van der Waals surface area contributed by atoms with Crippen LogP contribution in [0.25, 0.3) is 0 Å². The molecular weight excluding hydrogens is 326 g/mol. The van der Waals surface area contributed by atoms with E-state index < -0.39 is 0 Å². The molecule has 4 heterocycles. The molecule has 0 amide bonds. The standard InChI is InChI=1S/C19H25N7/c1-14-11-17(23-18(22-14)15-3-4-15)26-12-16(13-26)24-7-9-25(10-8-24)19-20-5-2-6-21-19/h2,5-6,11,15-16H,3-4,7-10,12-13H2,1H3. The number of piperazine rings is 1.